The van der Waals surface area contributed by atoms with E-state index in [1.807, 2.05) is 24.3 Å². The maximum absolute atomic E-state index is 12.6. The first-order valence-electron chi connectivity index (χ1n) is 10.1. The minimum Gasteiger partial charge on any atom is -0.463 e. The molecule has 0 unspecified atom stereocenters. The average molecular weight is 421 g/mol. The quantitative estimate of drug-likeness (QED) is 0.719. The van der Waals surface area contributed by atoms with E-state index in [2.05, 4.69) is 15.3 Å². The Labute approximate surface area is 174 Å². The van der Waals surface area contributed by atoms with Gasteiger partial charge in [-0.1, -0.05) is 11.6 Å². The predicted octanol–water partition coefficient (Wildman–Crippen LogP) is 4.40. The highest BCUT2D eigenvalue weighted by molar-refractivity contribution is 6.32. The first kappa shape index (κ1) is 20.0. The summed E-state index contributed by atoms with van der Waals surface area (Å²) in [5.74, 6) is 0.544. The molecule has 2 aromatic rings. The molecule has 2 aliphatic rings. The van der Waals surface area contributed by atoms with Gasteiger partial charge >= 0.3 is 0 Å². The van der Waals surface area contributed by atoms with E-state index in [1.54, 1.807) is 17.9 Å². The largest absolute Gasteiger partial charge is 0.463 e. The molecule has 0 radical (unpaired) electrons. The third-order valence-corrected chi connectivity index (χ3v) is 6.28. The lowest BCUT2D eigenvalue weighted by Gasteiger charge is -2.39. The van der Waals surface area contributed by atoms with Crippen LogP contribution in [0.4, 0.5) is 15.8 Å². The summed E-state index contributed by atoms with van der Waals surface area (Å²) in [5, 5.41) is 7.42. The Bertz CT molecular complexity index is 893. The van der Waals surface area contributed by atoms with Crippen molar-refractivity contribution in [2.45, 2.75) is 56.7 Å². The normalized spacial score (nSPS) is 21.6. The molecule has 1 heterocycles. The Morgan fingerprint density at radius 2 is 1.79 bits per heavy atom. The summed E-state index contributed by atoms with van der Waals surface area (Å²) in [5.41, 5.74) is 1.48. The van der Waals surface area contributed by atoms with Gasteiger partial charge in [-0.25, -0.2) is 9.07 Å². The molecule has 0 aliphatic heterocycles. The molecule has 2 saturated carbocycles. The van der Waals surface area contributed by atoms with Crippen molar-refractivity contribution >= 4 is 23.0 Å². The molecule has 156 valence electrons. The second-order valence-electron chi connectivity index (χ2n) is 7.72. The van der Waals surface area contributed by atoms with Crippen molar-refractivity contribution in [3.8, 4) is 5.75 Å². The summed E-state index contributed by atoms with van der Waals surface area (Å²) in [6.07, 6.45) is 7.77. The number of hydrogen-bond donors (Lipinski definition) is 1. The van der Waals surface area contributed by atoms with Gasteiger partial charge in [0, 0.05) is 24.8 Å². The smallest absolute Gasteiger partial charge is 0.287 e. The number of nitrogens with zero attached hydrogens (tertiary/aromatic N) is 3. The molecular weight excluding hydrogens is 395 g/mol. The van der Waals surface area contributed by atoms with Gasteiger partial charge in [-0.15, -0.1) is 0 Å². The number of anilines is 2. The zero-order chi connectivity index (χ0) is 20.4. The molecule has 0 atom stereocenters. The summed E-state index contributed by atoms with van der Waals surface area (Å²) >= 11 is 6.18. The number of benzene rings is 1. The highest BCUT2D eigenvalue weighted by Gasteiger charge is 2.36. The van der Waals surface area contributed by atoms with Crippen LogP contribution < -0.4 is 20.5 Å². The van der Waals surface area contributed by atoms with Crippen LogP contribution in [0.3, 0.4) is 0 Å². The Balaban J connectivity index is 1.46. The van der Waals surface area contributed by atoms with E-state index in [9.17, 15) is 9.18 Å². The summed E-state index contributed by atoms with van der Waals surface area (Å²) in [6.45, 7) is -0.817. The van der Waals surface area contributed by atoms with Gasteiger partial charge in [0.05, 0.1) is 17.9 Å². The van der Waals surface area contributed by atoms with E-state index in [0.29, 0.717) is 23.5 Å². The fourth-order valence-electron chi connectivity index (χ4n) is 4.31. The molecule has 6 nitrogen and oxygen atoms in total. The van der Waals surface area contributed by atoms with Crippen LogP contribution >= 0.6 is 11.6 Å². The second kappa shape index (κ2) is 8.61. The molecule has 29 heavy (non-hydrogen) atoms. The van der Waals surface area contributed by atoms with E-state index in [4.69, 9.17) is 16.3 Å². The number of aromatic nitrogens is 2. The highest BCUT2D eigenvalue weighted by Crippen LogP contribution is 2.40. The standard InChI is InChI=1S/C21H26ClFN4O2/c1-24-19-12-25-27(21(28)20(19)22)17-6-4-15(5-7-17)26(14-2-3-14)16-8-10-18(11-9-16)29-13-23/h8-12,14-15,17,24H,2-7,13H2,1H3. The van der Waals surface area contributed by atoms with Crippen LogP contribution in [-0.2, 0) is 0 Å². The maximum atomic E-state index is 12.6. The highest BCUT2D eigenvalue weighted by atomic mass is 35.5. The van der Waals surface area contributed by atoms with Gasteiger partial charge in [0.1, 0.15) is 10.8 Å². The molecule has 0 saturated heterocycles. The lowest BCUT2D eigenvalue weighted by Crippen LogP contribution is -2.41. The Morgan fingerprint density at radius 1 is 1.17 bits per heavy atom. The first-order valence-corrected chi connectivity index (χ1v) is 10.5. The number of alkyl halides is 1. The van der Waals surface area contributed by atoms with E-state index < -0.39 is 6.86 Å². The number of halogens is 2. The summed E-state index contributed by atoms with van der Waals surface area (Å²) in [7, 11) is 1.72. The lowest BCUT2D eigenvalue weighted by atomic mass is 9.89. The van der Waals surface area contributed by atoms with Crippen molar-refractivity contribution in [2.24, 2.45) is 0 Å². The van der Waals surface area contributed by atoms with Gasteiger partial charge in [0.25, 0.3) is 5.56 Å². The molecule has 1 N–H and O–H groups in total. The molecule has 4 rings (SSSR count). The minimum absolute atomic E-state index is 0.0727. The van der Waals surface area contributed by atoms with E-state index in [1.165, 1.54) is 12.8 Å². The fraction of sp³-hybridized carbons (Fsp3) is 0.524. The summed E-state index contributed by atoms with van der Waals surface area (Å²) < 4.78 is 18.8. The van der Waals surface area contributed by atoms with Crippen molar-refractivity contribution in [3.63, 3.8) is 0 Å². The van der Waals surface area contributed by atoms with Crippen LogP contribution in [0, 0.1) is 0 Å². The predicted molar refractivity (Wildman–Crippen MR) is 113 cm³/mol. The van der Waals surface area contributed by atoms with Crippen LogP contribution in [0.25, 0.3) is 0 Å². The van der Waals surface area contributed by atoms with Gasteiger partial charge < -0.3 is 15.0 Å². The third kappa shape index (κ3) is 4.20. The maximum Gasteiger partial charge on any atom is 0.287 e. The number of nitrogens with one attached hydrogen (secondary N) is 1. The van der Waals surface area contributed by atoms with Crippen molar-refractivity contribution in [2.75, 3.05) is 24.1 Å². The van der Waals surface area contributed by atoms with Gasteiger partial charge in [0.2, 0.25) is 6.86 Å². The number of rotatable bonds is 7. The molecule has 0 amide bonds. The molecule has 1 aromatic heterocycles. The Kier molecular flexibility index (Phi) is 5.94. The molecule has 0 spiro atoms. The van der Waals surface area contributed by atoms with Crippen molar-refractivity contribution in [3.05, 3.63) is 45.8 Å². The second-order valence-corrected chi connectivity index (χ2v) is 8.10. The summed E-state index contributed by atoms with van der Waals surface area (Å²) in [4.78, 5) is 15.1. The fourth-order valence-corrected chi connectivity index (χ4v) is 4.54. The SMILES string of the molecule is CNc1cnn(C2CCC(N(c3ccc(OCF)cc3)C3CC3)CC2)c(=O)c1Cl. The average Bonchev–Trinajstić information content (AvgIpc) is 3.57. The minimum atomic E-state index is -0.817. The van der Waals surface area contributed by atoms with E-state index >= 15 is 0 Å². The van der Waals surface area contributed by atoms with E-state index in [0.717, 1.165) is 31.4 Å². The van der Waals surface area contributed by atoms with Crippen LogP contribution in [0.15, 0.2) is 35.3 Å². The monoisotopic (exact) mass is 420 g/mol. The Morgan fingerprint density at radius 3 is 2.34 bits per heavy atom. The third-order valence-electron chi connectivity index (χ3n) is 5.91. The van der Waals surface area contributed by atoms with Crippen LogP contribution in [0.2, 0.25) is 5.02 Å². The number of ether oxygens (including phenoxy) is 1. The van der Waals surface area contributed by atoms with Crippen LogP contribution in [0.5, 0.6) is 5.75 Å². The zero-order valence-electron chi connectivity index (χ0n) is 16.5. The van der Waals surface area contributed by atoms with Gasteiger partial charge in [-0.2, -0.15) is 5.10 Å². The van der Waals surface area contributed by atoms with Gasteiger partial charge in [0.15, 0.2) is 0 Å². The van der Waals surface area contributed by atoms with Crippen molar-refractivity contribution in [1.29, 1.82) is 0 Å². The topological polar surface area (TPSA) is 59.4 Å². The van der Waals surface area contributed by atoms with Crippen molar-refractivity contribution in [1.82, 2.24) is 9.78 Å². The van der Waals surface area contributed by atoms with Crippen LogP contribution in [0.1, 0.15) is 44.6 Å². The first-order chi connectivity index (χ1) is 14.1. The van der Waals surface area contributed by atoms with Crippen LogP contribution in [-0.4, -0.2) is 35.8 Å². The van der Waals surface area contributed by atoms with Gasteiger partial charge in [-0.3, -0.25) is 4.79 Å². The Hall–Kier alpha value is -2.28. The molecule has 1 aromatic carbocycles. The van der Waals surface area contributed by atoms with Gasteiger partial charge in [-0.05, 0) is 62.8 Å². The molecule has 2 fully saturated rings. The van der Waals surface area contributed by atoms with E-state index in [-0.39, 0.29) is 16.6 Å². The molecule has 2 aliphatic carbocycles. The summed E-state index contributed by atoms with van der Waals surface area (Å²) in [6, 6.07) is 8.73. The zero-order valence-corrected chi connectivity index (χ0v) is 17.2. The van der Waals surface area contributed by atoms with Crippen molar-refractivity contribution < 1.29 is 9.13 Å². The number of hydrogen-bond acceptors (Lipinski definition) is 5. The lowest BCUT2D eigenvalue weighted by molar-refractivity contribution is 0.192. The molecular formula is C21H26ClFN4O2. The molecule has 0 bridgehead atoms. The molecule has 8 heteroatoms.